The minimum Gasteiger partial charge on any atom is -0.312 e. The first kappa shape index (κ1) is 19.8. The van der Waals surface area contributed by atoms with Gasteiger partial charge in [0, 0.05) is 30.7 Å². The van der Waals surface area contributed by atoms with E-state index in [1.807, 2.05) is 32.2 Å². The number of hydrogen-bond acceptors (Lipinski definition) is 3. The van der Waals surface area contributed by atoms with Crippen LogP contribution in [0.3, 0.4) is 0 Å². The van der Waals surface area contributed by atoms with Crippen molar-refractivity contribution in [3.63, 3.8) is 0 Å². The normalized spacial score (nSPS) is 22.0. The lowest BCUT2D eigenvalue weighted by atomic mass is 9.99. The van der Waals surface area contributed by atoms with E-state index in [2.05, 4.69) is 30.1 Å². The topological polar surface area (TPSA) is 35.9 Å². The number of benzodiazepines with no additional fused rings is 1. The summed E-state index contributed by atoms with van der Waals surface area (Å²) in [7, 11) is 1.84. The third-order valence-corrected chi connectivity index (χ3v) is 5.47. The predicted molar refractivity (Wildman–Crippen MR) is 114 cm³/mol. The summed E-state index contributed by atoms with van der Waals surface area (Å²) in [5.41, 5.74) is 3.62. The summed E-state index contributed by atoms with van der Waals surface area (Å²) in [6, 6.07) is 5.67. The Morgan fingerprint density at radius 2 is 2.04 bits per heavy atom. The molecule has 5 heteroatoms. The molecule has 1 unspecified atom stereocenters. The number of halogens is 1. The van der Waals surface area contributed by atoms with E-state index >= 15 is 0 Å². The summed E-state index contributed by atoms with van der Waals surface area (Å²) < 4.78 is 0. The van der Waals surface area contributed by atoms with Crippen LogP contribution in [0, 0.1) is 0 Å². The zero-order valence-corrected chi connectivity index (χ0v) is 17.2. The molecular formula is C22H28ClN3O. The van der Waals surface area contributed by atoms with Crippen LogP contribution in [0.15, 0.2) is 47.0 Å². The number of rotatable bonds is 4. The molecule has 144 valence electrons. The molecule has 1 amide bonds. The maximum absolute atomic E-state index is 13.3. The molecule has 1 aromatic rings. The molecule has 0 bridgehead atoms. The minimum atomic E-state index is -0.485. The average Bonchev–Trinajstić information content (AvgIpc) is 2.79. The molecule has 0 spiro atoms. The lowest BCUT2D eigenvalue weighted by Gasteiger charge is -2.32. The SMILES string of the molecule is C/C=C(\C=C/CC)C1=NC(N2CCCCC2)C(=O)N(C)c2ccc(Cl)cc21. The molecular weight excluding hydrogens is 358 g/mol. The number of hydrogen-bond donors (Lipinski definition) is 0. The van der Waals surface area contributed by atoms with Gasteiger partial charge in [0.05, 0.1) is 11.4 Å². The number of aliphatic imine (C=N–C) groups is 1. The zero-order valence-electron chi connectivity index (χ0n) is 16.4. The van der Waals surface area contributed by atoms with Crippen molar-refractivity contribution >= 4 is 28.9 Å². The van der Waals surface area contributed by atoms with E-state index in [9.17, 15) is 4.79 Å². The van der Waals surface area contributed by atoms with Crippen molar-refractivity contribution in [2.24, 2.45) is 4.99 Å². The first-order chi connectivity index (χ1) is 13.1. The monoisotopic (exact) mass is 385 g/mol. The van der Waals surface area contributed by atoms with Gasteiger partial charge in [0.2, 0.25) is 0 Å². The molecule has 0 aliphatic carbocycles. The van der Waals surface area contributed by atoms with Gasteiger partial charge in [-0.05, 0) is 50.0 Å². The number of anilines is 1. The van der Waals surface area contributed by atoms with Crippen LogP contribution in [0.5, 0.6) is 0 Å². The molecule has 1 fully saturated rings. The lowest BCUT2D eigenvalue weighted by molar-refractivity contribution is -0.123. The largest absolute Gasteiger partial charge is 0.312 e. The molecule has 1 aromatic carbocycles. The highest BCUT2D eigenvalue weighted by atomic mass is 35.5. The molecule has 0 aromatic heterocycles. The minimum absolute atomic E-state index is 0.0189. The molecule has 0 radical (unpaired) electrons. The Bertz CT molecular complexity index is 791. The van der Waals surface area contributed by atoms with E-state index in [-0.39, 0.29) is 5.91 Å². The first-order valence-corrected chi connectivity index (χ1v) is 10.2. The van der Waals surface area contributed by atoms with Crippen molar-refractivity contribution in [3.05, 3.63) is 52.6 Å². The maximum Gasteiger partial charge on any atom is 0.266 e. The van der Waals surface area contributed by atoms with Crippen LogP contribution in [-0.2, 0) is 4.79 Å². The van der Waals surface area contributed by atoms with Crippen LogP contribution >= 0.6 is 11.6 Å². The second-order valence-corrected chi connectivity index (χ2v) is 7.50. The Balaban J connectivity index is 2.16. The van der Waals surface area contributed by atoms with Crippen LogP contribution in [0.1, 0.15) is 45.1 Å². The molecule has 0 N–H and O–H groups in total. The second kappa shape index (κ2) is 8.85. The van der Waals surface area contributed by atoms with Crippen LogP contribution < -0.4 is 4.90 Å². The predicted octanol–water partition coefficient (Wildman–Crippen LogP) is 4.83. The number of allylic oxidation sites excluding steroid dienone is 4. The van der Waals surface area contributed by atoms with E-state index in [0.29, 0.717) is 5.02 Å². The van der Waals surface area contributed by atoms with Crippen LogP contribution in [0.4, 0.5) is 5.69 Å². The number of nitrogens with zero attached hydrogens (tertiary/aromatic N) is 3. The van der Waals surface area contributed by atoms with Gasteiger partial charge in [0.1, 0.15) is 0 Å². The highest BCUT2D eigenvalue weighted by Gasteiger charge is 2.34. The molecule has 1 saturated heterocycles. The van der Waals surface area contributed by atoms with Gasteiger partial charge in [-0.15, -0.1) is 0 Å². The second-order valence-electron chi connectivity index (χ2n) is 7.06. The quantitative estimate of drug-likeness (QED) is 0.696. The van der Waals surface area contributed by atoms with Crippen LogP contribution in [0.2, 0.25) is 5.02 Å². The molecule has 3 rings (SSSR count). The Hall–Kier alpha value is -1.91. The molecule has 2 aliphatic heterocycles. The van der Waals surface area contributed by atoms with Crippen LogP contribution in [0.25, 0.3) is 0 Å². The van der Waals surface area contributed by atoms with Gasteiger partial charge in [0.15, 0.2) is 6.17 Å². The summed E-state index contributed by atoms with van der Waals surface area (Å²) in [5, 5.41) is 0.647. The third kappa shape index (κ3) is 4.17. The molecule has 4 nitrogen and oxygen atoms in total. The number of carbonyl (C=O) groups excluding carboxylic acids is 1. The van der Waals surface area contributed by atoms with Gasteiger partial charge >= 0.3 is 0 Å². The highest BCUT2D eigenvalue weighted by molar-refractivity contribution is 6.32. The fraction of sp³-hybridized carbons (Fsp3) is 0.455. The number of carbonyl (C=O) groups is 1. The number of likely N-dealkylation sites (N-methyl/N-ethyl adjacent to an activating group) is 1. The van der Waals surface area contributed by atoms with Crippen LogP contribution in [-0.4, -0.2) is 42.8 Å². The number of amides is 1. The van der Waals surface area contributed by atoms with Gasteiger partial charge in [0.25, 0.3) is 5.91 Å². The van der Waals surface area contributed by atoms with Gasteiger partial charge < -0.3 is 4.90 Å². The number of likely N-dealkylation sites (tertiary alicyclic amines) is 1. The summed E-state index contributed by atoms with van der Waals surface area (Å²) in [6.07, 6.45) is 10.2. The van der Waals surface area contributed by atoms with E-state index in [4.69, 9.17) is 16.6 Å². The molecule has 1 atom stereocenters. The first-order valence-electron chi connectivity index (χ1n) is 9.79. The van der Waals surface area contributed by atoms with Crippen molar-refractivity contribution in [2.45, 2.75) is 45.7 Å². The van der Waals surface area contributed by atoms with Crippen molar-refractivity contribution < 1.29 is 4.79 Å². The van der Waals surface area contributed by atoms with Crippen molar-refractivity contribution in [1.82, 2.24) is 4.90 Å². The standard InChI is InChI=1S/C22H28ClN3O/c1-4-6-10-16(5-2)20-18-15-17(23)11-12-19(18)25(3)22(27)21(24-20)26-13-8-7-9-14-26/h5-6,10-12,15,21H,4,7-9,13-14H2,1-3H3/b10-6-,16-5+. The Labute approximate surface area is 167 Å². The van der Waals surface area contributed by atoms with E-state index in [1.54, 1.807) is 4.90 Å². The van der Waals surface area contributed by atoms with Gasteiger partial charge in [-0.25, -0.2) is 0 Å². The number of piperidine rings is 1. The van der Waals surface area contributed by atoms with Gasteiger partial charge in [-0.1, -0.05) is 43.2 Å². The van der Waals surface area contributed by atoms with Gasteiger partial charge in [-0.3, -0.25) is 14.7 Å². The Morgan fingerprint density at radius 3 is 2.70 bits per heavy atom. The zero-order chi connectivity index (χ0) is 19.4. The third-order valence-electron chi connectivity index (χ3n) is 5.23. The van der Waals surface area contributed by atoms with Crippen molar-refractivity contribution in [3.8, 4) is 0 Å². The number of fused-ring (bicyclic) bond motifs is 1. The number of benzene rings is 1. The molecule has 0 saturated carbocycles. The van der Waals surface area contributed by atoms with Crippen molar-refractivity contribution in [2.75, 3.05) is 25.0 Å². The van der Waals surface area contributed by atoms with E-state index in [1.165, 1.54) is 6.42 Å². The van der Waals surface area contributed by atoms with E-state index < -0.39 is 6.17 Å². The summed E-state index contributed by atoms with van der Waals surface area (Å²) in [4.78, 5) is 22.2. The molecule has 2 heterocycles. The van der Waals surface area contributed by atoms with Gasteiger partial charge in [-0.2, -0.15) is 0 Å². The summed E-state index contributed by atoms with van der Waals surface area (Å²) in [6.45, 7) is 5.94. The van der Waals surface area contributed by atoms with Crippen molar-refractivity contribution in [1.29, 1.82) is 0 Å². The average molecular weight is 386 g/mol. The Morgan fingerprint density at radius 1 is 1.30 bits per heavy atom. The smallest absolute Gasteiger partial charge is 0.266 e. The Kier molecular flexibility index (Phi) is 6.51. The maximum atomic E-state index is 13.3. The fourth-order valence-electron chi connectivity index (χ4n) is 3.72. The molecule has 27 heavy (non-hydrogen) atoms. The summed E-state index contributed by atoms with van der Waals surface area (Å²) in [5.74, 6) is 0.0189. The van der Waals surface area contributed by atoms with E-state index in [0.717, 1.165) is 54.9 Å². The lowest BCUT2D eigenvalue weighted by Crippen LogP contribution is -2.48. The molecule has 2 aliphatic rings. The summed E-state index contributed by atoms with van der Waals surface area (Å²) >= 11 is 6.31. The highest BCUT2D eigenvalue weighted by Crippen LogP contribution is 2.31. The fourth-order valence-corrected chi connectivity index (χ4v) is 3.89.